The monoisotopic (exact) mass is 521 g/mol. The summed E-state index contributed by atoms with van der Waals surface area (Å²) in [6.07, 6.45) is 7.52. The molecule has 3 heterocycles. The number of anilines is 1. The van der Waals surface area contributed by atoms with Crippen LogP contribution in [0, 0.1) is 17.8 Å². The Kier molecular flexibility index (Phi) is 6.21. The number of fused-ring (bicyclic) bond motifs is 6. The van der Waals surface area contributed by atoms with Gasteiger partial charge < -0.3 is 10.1 Å². The van der Waals surface area contributed by atoms with Crippen molar-refractivity contribution in [2.24, 2.45) is 17.8 Å². The smallest absolute Gasteiger partial charge is 0.338 e. The van der Waals surface area contributed by atoms with Crippen molar-refractivity contribution in [1.29, 1.82) is 0 Å². The lowest BCUT2D eigenvalue weighted by Gasteiger charge is -2.40. The molecule has 2 bridgehead atoms. The second-order valence-corrected chi connectivity index (χ2v) is 11.9. The lowest BCUT2D eigenvalue weighted by atomic mass is 9.75. The van der Waals surface area contributed by atoms with Crippen LogP contribution in [0.15, 0.2) is 58.6 Å². The van der Waals surface area contributed by atoms with Crippen LogP contribution in [0.4, 0.5) is 5.69 Å². The number of pyridine rings is 1. The summed E-state index contributed by atoms with van der Waals surface area (Å²) < 4.78 is 6.66. The first kappa shape index (κ1) is 23.5. The molecule has 186 valence electrons. The molecule has 5 atom stereocenters. The fraction of sp³-hybridized carbons (Fsp3) is 0.407. The van der Waals surface area contributed by atoms with Crippen LogP contribution in [0.2, 0.25) is 0 Å². The third-order valence-corrected chi connectivity index (χ3v) is 10.5. The van der Waals surface area contributed by atoms with E-state index in [0.29, 0.717) is 40.9 Å². The lowest BCUT2D eigenvalue weighted by Crippen LogP contribution is -2.34. The average molecular weight is 522 g/mol. The third-order valence-electron chi connectivity index (χ3n) is 7.72. The van der Waals surface area contributed by atoms with Gasteiger partial charge in [-0.05, 0) is 79.8 Å². The number of thioether (sulfide) groups is 1. The zero-order chi connectivity index (χ0) is 24.8. The van der Waals surface area contributed by atoms with Gasteiger partial charge in [-0.3, -0.25) is 19.1 Å². The van der Waals surface area contributed by atoms with Crippen LogP contribution < -0.4 is 10.2 Å². The van der Waals surface area contributed by atoms with Crippen molar-refractivity contribution < 1.29 is 14.3 Å². The Bertz CT molecular complexity index is 1350. The second kappa shape index (κ2) is 9.52. The topological polar surface area (TPSA) is 90.3 Å². The molecule has 2 aliphatic carbocycles. The van der Waals surface area contributed by atoms with Gasteiger partial charge in [0.25, 0.3) is 0 Å². The fourth-order valence-corrected chi connectivity index (χ4v) is 9.42. The standard InChI is InChI=1S/C27H27N3O4S2/c1-2-34-26(32)15-7-9-19(10-8-15)29-20(31)14-30-25-24(36-27(30)33)22(18-4-3-11-28-13-18)21-16-5-6-17(12-16)23(21)35-25/h3-4,7-11,13,16-17,21-23H,2,5-6,12,14H2,1H3,(H,29,31)/t16-,17-,21-,22-,23+/m0/s1. The first-order valence-electron chi connectivity index (χ1n) is 12.4. The van der Waals surface area contributed by atoms with Crippen LogP contribution in [-0.4, -0.2) is 33.3 Å². The van der Waals surface area contributed by atoms with Gasteiger partial charge in [0, 0.05) is 34.1 Å². The Hall–Kier alpha value is -2.91. The summed E-state index contributed by atoms with van der Waals surface area (Å²) >= 11 is 3.10. The van der Waals surface area contributed by atoms with Crippen molar-refractivity contribution in [2.45, 2.75) is 48.9 Å². The van der Waals surface area contributed by atoms with E-state index in [-0.39, 0.29) is 23.2 Å². The summed E-state index contributed by atoms with van der Waals surface area (Å²) in [5, 5.41) is 4.28. The number of amides is 1. The van der Waals surface area contributed by atoms with E-state index in [0.717, 1.165) is 9.90 Å². The van der Waals surface area contributed by atoms with Gasteiger partial charge in [-0.1, -0.05) is 17.4 Å². The minimum Gasteiger partial charge on any atom is -0.462 e. The summed E-state index contributed by atoms with van der Waals surface area (Å²) in [6.45, 7) is 2.02. The molecule has 1 aromatic carbocycles. The molecule has 1 N–H and O–H groups in total. The number of benzene rings is 1. The molecule has 3 aromatic rings. The average Bonchev–Trinajstić information content (AvgIpc) is 3.58. The zero-order valence-corrected chi connectivity index (χ0v) is 21.5. The molecule has 1 amide bonds. The van der Waals surface area contributed by atoms with Crippen molar-refractivity contribution in [3.8, 4) is 0 Å². The number of hydrogen-bond donors (Lipinski definition) is 1. The maximum atomic E-state index is 13.2. The molecule has 7 nitrogen and oxygen atoms in total. The number of rotatable bonds is 6. The molecule has 0 spiro atoms. The largest absolute Gasteiger partial charge is 0.462 e. The van der Waals surface area contributed by atoms with E-state index < -0.39 is 5.97 Å². The molecule has 9 heteroatoms. The minimum absolute atomic E-state index is 0.0392. The number of hydrogen-bond acceptors (Lipinski definition) is 7. The van der Waals surface area contributed by atoms with Gasteiger partial charge in [0.15, 0.2) is 0 Å². The van der Waals surface area contributed by atoms with Crippen molar-refractivity contribution in [3.63, 3.8) is 0 Å². The van der Waals surface area contributed by atoms with E-state index in [4.69, 9.17) is 4.74 Å². The molecule has 6 rings (SSSR count). The van der Waals surface area contributed by atoms with Gasteiger partial charge in [-0.2, -0.15) is 0 Å². The molecule has 0 saturated heterocycles. The van der Waals surface area contributed by atoms with Crippen LogP contribution in [0.25, 0.3) is 0 Å². The Morgan fingerprint density at radius 2 is 1.97 bits per heavy atom. The summed E-state index contributed by atoms with van der Waals surface area (Å²) in [6, 6.07) is 10.7. The Labute approximate surface area is 217 Å². The molecule has 36 heavy (non-hydrogen) atoms. The molecule has 0 radical (unpaired) electrons. The van der Waals surface area contributed by atoms with Crippen molar-refractivity contribution in [3.05, 3.63) is 74.5 Å². The van der Waals surface area contributed by atoms with E-state index in [1.807, 2.05) is 24.0 Å². The summed E-state index contributed by atoms with van der Waals surface area (Å²) in [4.78, 5) is 43.4. The molecule has 2 aromatic heterocycles. The molecule has 2 saturated carbocycles. The van der Waals surface area contributed by atoms with Crippen LogP contribution in [0.1, 0.15) is 52.9 Å². The highest BCUT2D eigenvalue weighted by Crippen LogP contribution is 2.63. The Morgan fingerprint density at radius 1 is 1.17 bits per heavy atom. The number of thiazole rings is 1. The highest BCUT2D eigenvalue weighted by molar-refractivity contribution is 8.00. The van der Waals surface area contributed by atoms with Crippen molar-refractivity contribution in [1.82, 2.24) is 9.55 Å². The number of nitrogens with one attached hydrogen (secondary N) is 1. The van der Waals surface area contributed by atoms with Crippen LogP contribution in [0.3, 0.4) is 0 Å². The van der Waals surface area contributed by atoms with Crippen LogP contribution >= 0.6 is 23.1 Å². The number of aromatic nitrogens is 2. The maximum Gasteiger partial charge on any atom is 0.338 e. The predicted molar refractivity (Wildman–Crippen MR) is 140 cm³/mol. The first-order chi connectivity index (χ1) is 17.5. The minimum atomic E-state index is -0.397. The van der Waals surface area contributed by atoms with Crippen molar-refractivity contribution in [2.75, 3.05) is 11.9 Å². The maximum absolute atomic E-state index is 13.2. The summed E-state index contributed by atoms with van der Waals surface area (Å²) in [5.74, 6) is 1.38. The number of carbonyl (C=O) groups excluding carboxylic acids is 2. The highest BCUT2D eigenvalue weighted by Gasteiger charge is 2.55. The van der Waals surface area contributed by atoms with Gasteiger partial charge in [-0.25, -0.2) is 4.79 Å². The molecule has 0 unspecified atom stereocenters. The molecule has 2 fully saturated rings. The van der Waals surface area contributed by atoms with E-state index in [2.05, 4.69) is 16.4 Å². The third kappa shape index (κ3) is 4.08. The van der Waals surface area contributed by atoms with Gasteiger partial charge in [0.05, 0.1) is 17.2 Å². The Balaban J connectivity index is 1.26. The van der Waals surface area contributed by atoms with Crippen LogP contribution in [0.5, 0.6) is 0 Å². The fourth-order valence-electron chi connectivity index (χ4n) is 6.27. The predicted octanol–water partition coefficient (Wildman–Crippen LogP) is 4.77. The highest BCUT2D eigenvalue weighted by atomic mass is 32.2. The summed E-state index contributed by atoms with van der Waals surface area (Å²) in [7, 11) is 0. The van der Waals surface area contributed by atoms with Gasteiger partial charge in [-0.15, -0.1) is 11.8 Å². The number of carbonyl (C=O) groups is 2. The zero-order valence-electron chi connectivity index (χ0n) is 19.9. The molecule has 3 aliphatic rings. The van der Waals surface area contributed by atoms with E-state index in [9.17, 15) is 14.4 Å². The van der Waals surface area contributed by atoms with Gasteiger partial charge >= 0.3 is 10.8 Å². The van der Waals surface area contributed by atoms with E-state index >= 15 is 0 Å². The first-order valence-corrected chi connectivity index (χ1v) is 14.1. The van der Waals surface area contributed by atoms with Crippen LogP contribution in [-0.2, 0) is 16.1 Å². The normalized spacial score (nSPS) is 25.8. The number of ether oxygens (including phenoxy) is 1. The van der Waals surface area contributed by atoms with E-state index in [1.54, 1.807) is 42.0 Å². The van der Waals surface area contributed by atoms with Gasteiger partial charge in [0.1, 0.15) is 6.54 Å². The quantitative estimate of drug-likeness (QED) is 0.470. The van der Waals surface area contributed by atoms with Crippen molar-refractivity contribution >= 4 is 40.7 Å². The molecular weight excluding hydrogens is 494 g/mol. The number of esters is 1. The molecular formula is C27H27N3O4S2. The molecule has 1 aliphatic heterocycles. The Morgan fingerprint density at radius 3 is 2.72 bits per heavy atom. The lowest BCUT2D eigenvalue weighted by molar-refractivity contribution is -0.116. The van der Waals surface area contributed by atoms with Gasteiger partial charge in [0.2, 0.25) is 5.91 Å². The van der Waals surface area contributed by atoms with E-state index in [1.165, 1.54) is 36.2 Å². The SMILES string of the molecule is CCOC(=O)c1ccc(NC(=O)Cn2c3c(sc2=O)[C@@H](c2cccnc2)[C@@H]2[C@H]4CC[C@@H](C4)[C@H]2S3)cc1. The summed E-state index contributed by atoms with van der Waals surface area (Å²) in [5.41, 5.74) is 2.16. The number of nitrogens with zero attached hydrogens (tertiary/aromatic N) is 2. The second-order valence-electron chi connectivity index (χ2n) is 9.73.